The number of carboxylic acid groups (broad SMARTS) is 1. The normalized spacial score (nSPS) is 11.6. The van der Waals surface area contributed by atoms with Gasteiger partial charge in [0.15, 0.2) is 9.84 Å². The van der Waals surface area contributed by atoms with Gasteiger partial charge >= 0.3 is 5.97 Å². The van der Waals surface area contributed by atoms with E-state index in [1.54, 1.807) is 0 Å². The molecule has 0 fully saturated rings. The Morgan fingerprint density at radius 2 is 1.95 bits per heavy atom. The Morgan fingerprint density at radius 1 is 1.29 bits per heavy atom. The fourth-order valence-electron chi connectivity index (χ4n) is 1.60. The van der Waals surface area contributed by atoms with Crippen LogP contribution in [-0.2, 0) is 19.3 Å². The summed E-state index contributed by atoms with van der Waals surface area (Å²) < 4.78 is 47.6. The van der Waals surface area contributed by atoms with Gasteiger partial charge in [-0.05, 0) is 24.6 Å². The number of ether oxygens (including phenoxy) is 2. The molecule has 0 unspecified atom stereocenters. The molecule has 0 spiro atoms. The number of carbonyl (C=O) groups is 1. The number of carboxylic acids is 1. The predicted molar refractivity (Wildman–Crippen MR) is 72.8 cm³/mol. The van der Waals surface area contributed by atoms with E-state index < -0.39 is 27.2 Å². The summed E-state index contributed by atoms with van der Waals surface area (Å²) >= 11 is 0. The summed E-state index contributed by atoms with van der Waals surface area (Å²) in [5.41, 5.74) is -0.692. The highest BCUT2D eigenvalue weighted by atomic mass is 32.2. The molecule has 1 rings (SSSR count). The number of sulfone groups is 1. The molecular formula is C13H17FO6S. The molecule has 0 radical (unpaired) electrons. The summed E-state index contributed by atoms with van der Waals surface area (Å²) in [5.74, 6) is -2.76. The smallest absolute Gasteiger partial charge is 0.338 e. The van der Waals surface area contributed by atoms with E-state index in [9.17, 15) is 17.6 Å². The Morgan fingerprint density at radius 3 is 2.52 bits per heavy atom. The first-order valence-electron chi connectivity index (χ1n) is 6.12. The van der Waals surface area contributed by atoms with Crippen LogP contribution in [0.2, 0.25) is 0 Å². The molecule has 0 bridgehead atoms. The highest BCUT2D eigenvalue weighted by Gasteiger charge is 2.21. The zero-order valence-electron chi connectivity index (χ0n) is 11.8. The number of hydrogen-bond donors (Lipinski definition) is 1. The van der Waals surface area contributed by atoms with E-state index in [1.807, 2.05) is 0 Å². The number of aryl methyl sites for hydroxylation is 1. The number of methoxy groups -OCH3 is 1. The predicted octanol–water partition coefficient (Wildman–Crippen LogP) is 1.27. The van der Waals surface area contributed by atoms with Gasteiger partial charge in [0, 0.05) is 7.11 Å². The number of hydrogen-bond acceptors (Lipinski definition) is 5. The lowest BCUT2D eigenvalue weighted by molar-refractivity contribution is 0.0691. The molecule has 0 saturated carbocycles. The molecule has 21 heavy (non-hydrogen) atoms. The number of aromatic carboxylic acids is 1. The molecule has 1 N–H and O–H groups in total. The van der Waals surface area contributed by atoms with Crippen LogP contribution in [0.25, 0.3) is 0 Å². The Labute approximate surface area is 122 Å². The summed E-state index contributed by atoms with van der Waals surface area (Å²) in [6.45, 7) is 1.87. The van der Waals surface area contributed by atoms with Gasteiger partial charge in [-0.3, -0.25) is 0 Å². The standard InChI is InChI=1S/C13H17FO6S/c1-9-7-10(8-11(12(9)14)13(15)16)21(17,18)6-5-20-4-3-19-2/h7-8H,3-6H2,1-2H3,(H,15,16). The molecule has 0 amide bonds. The highest BCUT2D eigenvalue weighted by Crippen LogP contribution is 2.20. The van der Waals surface area contributed by atoms with Crippen LogP contribution < -0.4 is 0 Å². The molecule has 0 heterocycles. The van der Waals surface area contributed by atoms with Gasteiger partial charge in [0.25, 0.3) is 0 Å². The lowest BCUT2D eigenvalue weighted by Gasteiger charge is -2.09. The molecule has 6 nitrogen and oxygen atoms in total. The molecule has 0 aliphatic carbocycles. The van der Waals surface area contributed by atoms with Crippen molar-refractivity contribution in [3.63, 3.8) is 0 Å². The first-order chi connectivity index (χ1) is 9.79. The monoisotopic (exact) mass is 320 g/mol. The summed E-state index contributed by atoms with van der Waals surface area (Å²) in [6, 6.07) is 1.95. The van der Waals surface area contributed by atoms with E-state index in [0.29, 0.717) is 6.61 Å². The van der Waals surface area contributed by atoms with Crippen LogP contribution in [0.15, 0.2) is 17.0 Å². The van der Waals surface area contributed by atoms with Crippen molar-refractivity contribution in [3.8, 4) is 0 Å². The molecule has 118 valence electrons. The highest BCUT2D eigenvalue weighted by molar-refractivity contribution is 7.91. The number of halogens is 1. The molecular weight excluding hydrogens is 303 g/mol. The Hall–Kier alpha value is -1.51. The van der Waals surface area contributed by atoms with Gasteiger partial charge in [-0.25, -0.2) is 17.6 Å². The minimum absolute atomic E-state index is 0.0335. The fourth-order valence-corrected chi connectivity index (χ4v) is 2.83. The van der Waals surface area contributed by atoms with Gasteiger partial charge in [-0.15, -0.1) is 0 Å². The minimum Gasteiger partial charge on any atom is -0.478 e. The van der Waals surface area contributed by atoms with Gasteiger partial charge in [-0.2, -0.15) is 0 Å². The van der Waals surface area contributed by atoms with Crippen molar-refractivity contribution in [1.29, 1.82) is 0 Å². The zero-order chi connectivity index (χ0) is 16.0. The molecule has 0 aliphatic heterocycles. The van der Waals surface area contributed by atoms with E-state index in [2.05, 4.69) is 0 Å². The number of benzene rings is 1. The van der Waals surface area contributed by atoms with E-state index in [0.717, 1.165) is 12.1 Å². The second-order valence-corrected chi connectivity index (χ2v) is 6.44. The van der Waals surface area contributed by atoms with Gasteiger partial charge in [0.05, 0.1) is 36.0 Å². The minimum atomic E-state index is -3.74. The van der Waals surface area contributed by atoms with Crippen LogP contribution in [0.5, 0.6) is 0 Å². The third kappa shape index (κ3) is 4.76. The second kappa shape index (κ2) is 7.48. The quantitative estimate of drug-likeness (QED) is 0.573. The topological polar surface area (TPSA) is 89.9 Å². The molecule has 0 atom stereocenters. The fraction of sp³-hybridized carbons (Fsp3) is 0.462. The Kier molecular flexibility index (Phi) is 6.25. The van der Waals surface area contributed by atoms with Gasteiger partial charge < -0.3 is 14.6 Å². The van der Waals surface area contributed by atoms with E-state index in [-0.39, 0.29) is 29.4 Å². The maximum atomic E-state index is 13.6. The first kappa shape index (κ1) is 17.5. The van der Waals surface area contributed by atoms with Gasteiger partial charge in [0.2, 0.25) is 0 Å². The SMILES string of the molecule is COCCOCCS(=O)(=O)c1cc(C)c(F)c(C(=O)O)c1. The first-order valence-corrected chi connectivity index (χ1v) is 7.77. The third-order valence-electron chi connectivity index (χ3n) is 2.75. The van der Waals surface area contributed by atoms with Crippen molar-refractivity contribution in [3.05, 3.63) is 29.1 Å². The average Bonchev–Trinajstić information content (AvgIpc) is 2.40. The summed E-state index contributed by atoms with van der Waals surface area (Å²) in [6.07, 6.45) is 0. The van der Waals surface area contributed by atoms with Crippen molar-refractivity contribution < 1.29 is 32.2 Å². The maximum Gasteiger partial charge on any atom is 0.338 e. The van der Waals surface area contributed by atoms with Gasteiger partial charge in [-0.1, -0.05) is 0 Å². The largest absolute Gasteiger partial charge is 0.478 e. The van der Waals surface area contributed by atoms with Crippen LogP contribution in [0.1, 0.15) is 15.9 Å². The lowest BCUT2D eigenvalue weighted by Crippen LogP contribution is -2.15. The maximum absolute atomic E-state index is 13.6. The summed E-state index contributed by atoms with van der Waals surface area (Å²) in [5, 5.41) is 8.88. The zero-order valence-corrected chi connectivity index (χ0v) is 12.6. The van der Waals surface area contributed by atoms with Crippen LogP contribution in [0.4, 0.5) is 4.39 Å². The molecule has 0 aromatic heterocycles. The Bertz CT molecular complexity index is 611. The Balaban J connectivity index is 2.91. The van der Waals surface area contributed by atoms with Crippen molar-refractivity contribution in [1.82, 2.24) is 0 Å². The van der Waals surface area contributed by atoms with Crippen LogP contribution in [-0.4, -0.2) is 52.2 Å². The third-order valence-corrected chi connectivity index (χ3v) is 4.40. The van der Waals surface area contributed by atoms with E-state index in [1.165, 1.54) is 14.0 Å². The molecule has 1 aromatic rings. The van der Waals surface area contributed by atoms with Crippen molar-refractivity contribution in [2.45, 2.75) is 11.8 Å². The van der Waals surface area contributed by atoms with E-state index >= 15 is 0 Å². The van der Waals surface area contributed by atoms with Crippen molar-refractivity contribution in [2.75, 3.05) is 32.7 Å². The van der Waals surface area contributed by atoms with Gasteiger partial charge in [0.1, 0.15) is 5.82 Å². The average molecular weight is 320 g/mol. The molecule has 0 saturated heterocycles. The van der Waals surface area contributed by atoms with Crippen LogP contribution >= 0.6 is 0 Å². The van der Waals surface area contributed by atoms with E-state index in [4.69, 9.17) is 14.6 Å². The van der Waals surface area contributed by atoms with Crippen molar-refractivity contribution in [2.24, 2.45) is 0 Å². The lowest BCUT2D eigenvalue weighted by atomic mass is 10.1. The number of rotatable bonds is 8. The second-order valence-electron chi connectivity index (χ2n) is 4.33. The molecule has 0 aliphatic rings. The molecule has 1 aromatic carbocycles. The van der Waals surface area contributed by atoms with Crippen molar-refractivity contribution >= 4 is 15.8 Å². The summed E-state index contributed by atoms with van der Waals surface area (Å²) in [7, 11) is -2.24. The van der Waals surface area contributed by atoms with Crippen LogP contribution in [0, 0.1) is 12.7 Å². The van der Waals surface area contributed by atoms with Crippen LogP contribution in [0.3, 0.4) is 0 Å². The summed E-state index contributed by atoms with van der Waals surface area (Å²) in [4.78, 5) is 10.7. The molecule has 8 heteroatoms.